The molecule has 3 heteroatoms. The monoisotopic (exact) mass is 189 g/mol. The second kappa shape index (κ2) is 2.94. The van der Waals surface area contributed by atoms with Gasteiger partial charge in [-0.2, -0.15) is 5.10 Å². The number of hydrogen-bond acceptors (Lipinski definition) is 2. The van der Waals surface area contributed by atoms with Crippen molar-refractivity contribution in [3.63, 3.8) is 0 Å². The van der Waals surface area contributed by atoms with E-state index in [-0.39, 0.29) is 0 Å². The third-order valence-electron chi connectivity index (χ3n) is 3.59. The van der Waals surface area contributed by atoms with Crippen molar-refractivity contribution in [1.82, 2.24) is 14.8 Å². The summed E-state index contributed by atoms with van der Waals surface area (Å²) < 4.78 is 2.14. The number of aromatic nitrogens is 3. The average Bonchev–Trinajstić information content (AvgIpc) is 2.77. The second-order valence-corrected chi connectivity index (χ2v) is 4.23. The summed E-state index contributed by atoms with van der Waals surface area (Å²) in [5, 5.41) is 4.34. The number of allylic oxidation sites excluding steroid dienone is 2. The first-order valence-electron chi connectivity index (χ1n) is 5.48. The van der Waals surface area contributed by atoms with Crippen LogP contribution in [0.3, 0.4) is 0 Å². The van der Waals surface area contributed by atoms with E-state index in [1.807, 2.05) is 0 Å². The van der Waals surface area contributed by atoms with Crippen molar-refractivity contribution >= 4 is 5.57 Å². The number of nitrogens with zero attached hydrogens (tertiary/aromatic N) is 3. The minimum absolute atomic E-state index is 0.604. The molecule has 1 saturated carbocycles. The molecular formula is C11H15N3. The minimum atomic E-state index is 0.604. The Morgan fingerprint density at radius 3 is 3.14 bits per heavy atom. The van der Waals surface area contributed by atoms with Crippen LogP contribution >= 0.6 is 0 Å². The highest BCUT2D eigenvalue weighted by Crippen LogP contribution is 2.47. The SMILES string of the molecule is C/C=C1\c2ncnn2C2CCCCC12. The van der Waals surface area contributed by atoms with Crippen LogP contribution in [0.1, 0.15) is 44.5 Å². The average molecular weight is 189 g/mol. The van der Waals surface area contributed by atoms with Crippen LogP contribution in [-0.4, -0.2) is 14.8 Å². The normalized spacial score (nSPS) is 33.1. The summed E-state index contributed by atoms with van der Waals surface area (Å²) in [5.41, 5.74) is 1.42. The molecule has 1 aliphatic heterocycles. The Kier molecular flexibility index (Phi) is 1.72. The van der Waals surface area contributed by atoms with Crippen molar-refractivity contribution in [3.05, 3.63) is 18.2 Å². The van der Waals surface area contributed by atoms with Gasteiger partial charge in [0.2, 0.25) is 0 Å². The molecule has 0 saturated heterocycles. The zero-order chi connectivity index (χ0) is 9.54. The molecule has 1 aromatic heterocycles. The fourth-order valence-electron chi connectivity index (χ4n) is 2.98. The molecule has 0 spiro atoms. The van der Waals surface area contributed by atoms with Crippen molar-refractivity contribution in [3.8, 4) is 0 Å². The number of fused-ring (bicyclic) bond motifs is 3. The topological polar surface area (TPSA) is 30.7 Å². The van der Waals surface area contributed by atoms with Gasteiger partial charge in [0.05, 0.1) is 6.04 Å². The van der Waals surface area contributed by atoms with Gasteiger partial charge in [-0.3, -0.25) is 0 Å². The lowest BCUT2D eigenvalue weighted by Crippen LogP contribution is -2.17. The van der Waals surface area contributed by atoms with E-state index in [0.29, 0.717) is 12.0 Å². The van der Waals surface area contributed by atoms with Crippen LogP contribution in [0.5, 0.6) is 0 Å². The van der Waals surface area contributed by atoms with E-state index in [4.69, 9.17) is 0 Å². The van der Waals surface area contributed by atoms with Crippen molar-refractivity contribution in [2.75, 3.05) is 0 Å². The van der Waals surface area contributed by atoms with Gasteiger partial charge in [0.25, 0.3) is 0 Å². The largest absolute Gasteiger partial charge is 0.242 e. The first kappa shape index (κ1) is 8.21. The molecule has 2 heterocycles. The smallest absolute Gasteiger partial charge is 0.154 e. The molecule has 1 aliphatic carbocycles. The van der Waals surface area contributed by atoms with E-state index >= 15 is 0 Å². The van der Waals surface area contributed by atoms with Crippen molar-refractivity contribution < 1.29 is 0 Å². The summed E-state index contributed by atoms with van der Waals surface area (Å²) in [6, 6.07) is 0.604. The van der Waals surface area contributed by atoms with Crippen LogP contribution < -0.4 is 0 Å². The Morgan fingerprint density at radius 1 is 1.43 bits per heavy atom. The summed E-state index contributed by atoms with van der Waals surface area (Å²) >= 11 is 0. The minimum Gasteiger partial charge on any atom is -0.242 e. The summed E-state index contributed by atoms with van der Waals surface area (Å²) in [6.45, 7) is 2.12. The Bertz CT molecular complexity index is 378. The Labute approximate surface area is 83.8 Å². The highest BCUT2D eigenvalue weighted by molar-refractivity contribution is 5.65. The summed E-state index contributed by atoms with van der Waals surface area (Å²) in [4.78, 5) is 4.36. The van der Waals surface area contributed by atoms with Gasteiger partial charge in [-0.1, -0.05) is 18.9 Å². The summed E-state index contributed by atoms with van der Waals surface area (Å²) in [7, 11) is 0. The quantitative estimate of drug-likeness (QED) is 0.627. The van der Waals surface area contributed by atoms with Crippen molar-refractivity contribution in [2.24, 2.45) is 5.92 Å². The molecule has 0 amide bonds. The zero-order valence-electron chi connectivity index (χ0n) is 8.48. The van der Waals surface area contributed by atoms with Gasteiger partial charge in [0, 0.05) is 5.92 Å². The molecule has 0 radical (unpaired) electrons. The molecule has 0 aromatic carbocycles. The van der Waals surface area contributed by atoms with Gasteiger partial charge >= 0.3 is 0 Å². The Hall–Kier alpha value is -1.12. The molecule has 1 fully saturated rings. The maximum absolute atomic E-state index is 4.36. The standard InChI is InChI=1S/C11H15N3/c1-2-8-9-5-3-4-6-10(9)14-11(8)12-7-13-14/h2,7,9-10H,3-6H2,1H3/b8-2-. The fourth-order valence-corrected chi connectivity index (χ4v) is 2.98. The van der Waals surface area contributed by atoms with Crippen molar-refractivity contribution in [1.29, 1.82) is 0 Å². The lowest BCUT2D eigenvalue weighted by Gasteiger charge is -2.25. The maximum atomic E-state index is 4.36. The fraction of sp³-hybridized carbons (Fsp3) is 0.636. The molecule has 14 heavy (non-hydrogen) atoms. The van der Waals surface area contributed by atoms with Gasteiger partial charge in [-0.05, 0) is 25.3 Å². The molecule has 1 aromatic rings. The van der Waals surface area contributed by atoms with E-state index in [9.17, 15) is 0 Å². The van der Waals surface area contributed by atoms with E-state index in [2.05, 4.69) is 27.8 Å². The van der Waals surface area contributed by atoms with Gasteiger partial charge in [0.1, 0.15) is 6.33 Å². The molecule has 2 unspecified atom stereocenters. The van der Waals surface area contributed by atoms with Crippen LogP contribution in [0, 0.1) is 5.92 Å². The molecule has 0 N–H and O–H groups in total. The molecule has 3 nitrogen and oxygen atoms in total. The van der Waals surface area contributed by atoms with Crippen LogP contribution in [0.25, 0.3) is 5.57 Å². The maximum Gasteiger partial charge on any atom is 0.154 e. The number of hydrogen-bond donors (Lipinski definition) is 0. The molecule has 3 rings (SSSR count). The highest BCUT2D eigenvalue weighted by atomic mass is 15.4. The first-order chi connectivity index (χ1) is 6.92. The predicted molar refractivity (Wildman–Crippen MR) is 54.7 cm³/mol. The second-order valence-electron chi connectivity index (χ2n) is 4.23. The van der Waals surface area contributed by atoms with Crippen LogP contribution in [0.4, 0.5) is 0 Å². The van der Waals surface area contributed by atoms with E-state index in [1.54, 1.807) is 6.33 Å². The lowest BCUT2D eigenvalue weighted by atomic mass is 9.82. The van der Waals surface area contributed by atoms with Crippen LogP contribution in [0.15, 0.2) is 12.4 Å². The van der Waals surface area contributed by atoms with Gasteiger partial charge in [0.15, 0.2) is 5.82 Å². The highest BCUT2D eigenvalue weighted by Gasteiger charge is 2.38. The summed E-state index contributed by atoms with van der Waals surface area (Å²) in [5.74, 6) is 1.81. The van der Waals surface area contributed by atoms with Gasteiger partial charge < -0.3 is 0 Å². The van der Waals surface area contributed by atoms with Crippen LogP contribution in [0.2, 0.25) is 0 Å². The van der Waals surface area contributed by atoms with E-state index in [0.717, 1.165) is 5.82 Å². The molecule has 2 aliphatic rings. The third-order valence-corrected chi connectivity index (χ3v) is 3.59. The van der Waals surface area contributed by atoms with Gasteiger partial charge in [-0.15, -0.1) is 0 Å². The Balaban J connectivity index is 2.10. The summed E-state index contributed by atoms with van der Waals surface area (Å²) in [6.07, 6.45) is 9.20. The predicted octanol–water partition coefficient (Wildman–Crippen LogP) is 2.43. The lowest BCUT2D eigenvalue weighted by molar-refractivity contribution is 0.295. The first-order valence-corrected chi connectivity index (χ1v) is 5.48. The van der Waals surface area contributed by atoms with Crippen molar-refractivity contribution in [2.45, 2.75) is 38.6 Å². The van der Waals surface area contributed by atoms with E-state index < -0.39 is 0 Å². The third kappa shape index (κ3) is 0.925. The molecular weight excluding hydrogens is 174 g/mol. The molecule has 2 atom stereocenters. The zero-order valence-corrected chi connectivity index (χ0v) is 8.48. The van der Waals surface area contributed by atoms with Gasteiger partial charge in [-0.25, -0.2) is 9.67 Å². The van der Waals surface area contributed by atoms with E-state index in [1.165, 1.54) is 31.3 Å². The van der Waals surface area contributed by atoms with Crippen LogP contribution in [-0.2, 0) is 0 Å². The number of rotatable bonds is 0. The Morgan fingerprint density at radius 2 is 2.29 bits per heavy atom. The molecule has 74 valence electrons. The molecule has 0 bridgehead atoms.